The zero-order valence-electron chi connectivity index (χ0n) is 32.2. The van der Waals surface area contributed by atoms with Gasteiger partial charge in [0.1, 0.15) is 17.7 Å². The van der Waals surface area contributed by atoms with Gasteiger partial charge in [0.2, 0.25) is 12.3 Å². The fourth-order valence-electron chi connectivity index (χ4n) is 6.95. The molecule has 4 N–H and O–H groups in total. The van der Waals surface area contributed by atoms with Crippen molar-refractivity contribution in [2.45, 2.75) is 91.4 Å². The molecule has 4 heterocycles. The number of rotatable bonds is 12. The first-order valence-electron chi connectivity index (χ1n) is 18.9. The molecule has 4 unspecified atom stereocenters. The number of nitrogens with zero attached hydrogens (tertiary/aromatic N) is 4. The van der Waals surface area contributed by atoms with E-state index in [-0.39, 0.29) is 23.9 Å². The summed E-state index contributed by atoms with van der Waals surface area (Å²) in [6.07, 6.45) is 7.52. The number of nitrogens with one attached hydrogen (secondary N) is 4. The van der Waals surface area contributed by atoms with E-state index in [1.807, 2.05) is 31.1 Å². The Hall–Kier alpha value is -4.97. The van der Waals surface area contributed by atoms with Crippen LogP contribution in [0, 0.1) is 11.8 Å². The van der Waals surface area contributed by atoms with Gasteiger partial charge in [-0.05, 0) is 73.2 Å². The van der Waals surface area contributed by atoms with E-state index in [2.05, 4.69) is 107 Å². The van der Waals surface area contributed by atoms with E-state index in [1.54, 1.807) is 4.90 Å². The SMILES string of the molecule is CCNC(C)C(C)C.COC(=O)NC(C(=O)N1CCCC1c1ncc(-c2ccc(-c3ccc(-c4cnc(C5CCCN5C=O)[nH]4)cc3)cc2)[nH]1)C(C)C. The standard InChI is InChI=1S/C34H39N7O4.C7H17N/c1-21(2)30(39-34(44)45-3)33(43)41-17-5-7-29(41)32-36-19-27(38-32)25-14-10-23(11-15-25)22-8-12-24(13-9-22)26-18-35-31(37-26)28-6-4-16-40(28)20-42;1-5-8-7(4)6(2)3/h8-15,18-21,28-30H,4-7,16-17H2,1-3H3,(H,35,37)(H,36,38)(H,39,44);6-8H,5H2,1-4H3. The second-order valence-electron chi connectivity index (χ2n) is 14.7. The maximum absolute atomic E-state index is 13.4. The third-order valence-corrected chi connectivity index (χ3v) is 10.4. The second-order valence-corrected chi connectivity index (χ2v) is 14.7. The van der Waals surface area contributed by atoms with E-state index in [1.165, 1.54) is 7.11 Å². The molecule has 2 aliphatic rings. The first kappa shape index (κ1) is 39.2. The Morgan fingerprint density at radius 2 is 1.32 bits per heavy atom. The topological polar surface area (TPSA) is 148 Å². The van der Waals surface area contributed by atoms with Gasteiger partial charge in [-0.1, -0.05) is 83.1 Å². The van der Waals surface area contributed by atoms with Gasteiger partial charge in [0.15, 0.2) is 0 Å². The van der Waals surface area contributed by atoms with Crippen molar-refractivity contribution < 1.29 is 19.1 Å². The molecule has 284 valence electrons. The molecule has 2 aromatic carbocycles. The quantitative estimate of drug-likeness (QED) is 0.114. The zero-order valence-corrected chi connectivity index (χ0v) is 32.2. The lowest BCUT2D eigenvalue weighted by Crippen LogP contribution is -2.51. The van der Waals surface area contributed by atoms with Gasteiger partial charge in [-0.2, -0.15) is 0 Å². The minimum atomic E-state index is -0.669. The van der Waals surface area contributed by atoms with E-state index in [0.29, 0.717) is 12.6 Å². The van der Waals surface area contributed by atoms with Crippen molar-refractivity contribution in [3.05, 3.63) is 72.6 Å². The lowest BCUT2D eigenvalue weighted by molar-refractivity contribution is -0.135. The largest absolute Gasteiger partial charge is 0.453 e. The number of methoxy groups -OCH3 is 1. The summed E-state index contributed by atoms with van der Waals surface area (Å²) < 4.78 is 4.74. The average Bonchev–Trinajstić information content (AvgIpc) is 4.00. The van der Waals surface area contributed by atoms with Gasteiger partial charge >= 0.3 is 6.09 Å². The minimum absolute atomic E-state index is 0.0205. The van der Waals surface area contributed by atoms with Gasteiger partial charge < -0.3 is 35.1 Å². The zero-order chi connectivity index (χ0) is 38.1. The predicted octanol–water partition coefficient (Wildman–Crippen LogP) is 7.11. The fourth-order valence-corrected chi connectivity index (χ4v) is 6.95. The molecule has 2 aliphatic heterocycles. The molecule has 3 amide bonds. The molecular formula is C41H56N8O4. The highest BCUT2D eigenvalue weighted by Crippen LogP contribution is 2.34. The van der Waals surface area contributed by atoms with Gasteiger partial charge in [0, 0.05) is 19.1 Å². The Morgan fingerprint density at radius 1 is 0.811 bits per heavy atom. The van der Waals surface area contributed by atoms with Gasteiger partial charge in [-0.3, -0.25) is 9.59 Å². The Morgan fingerprint density at radius 3 is 1.79 bits per heavy atom. The minimum Gasteiger partial charge on any atom is -0.453 e. The van der Waals surface area contributed by atoms with Crippen LogP contribution in [0.2, 0.25) is 0 Å². The van der Waals surface area contributed by atoms with Crippen molar-refractivity contribution >= 4 is 18.4 Å². The van der Waals surface area contributed by atoms with Crippen molar-refractivity contribution in [1.82, 2.24) is 40.4 Å². The summed E-state index contributed by atoms with van der Waals surface area (Å²) in [6.45, 7) is 15.1. The summed E-state index contributed by atoms with van der Waals surface area (Å²) in [5, 5.41) is 6.04. The summed E-state index contributed by atoms with van der Waals surface area (Å²) in [5.41, 5.74) is 6.03. The number of ether oxygens (including phenoxy) is 1. The molecule has 0 bridgehead atoms. The Balaban J connectivity index is 0.000000609. The summed E-state index contributed by atoms with van der Waals surface area (Å²) in [5.74, 6) is 2.12. The Labute approximate surface area is 313 Å². The van der Waals surface area contributed by atoms with Crippen LogP contribution in [0.15, 0.2) is 60.9 Å². The number of benzene rings is 2. The molecule has 0 aliphatic carbocycles. The van der Waals surface area contributed by atoms with Crippen LogP contribution in [-0.4, -0.2) is 87.0 Å². The van der Waals surface area contributed by atoms with Crippen LogP contribution in [0.4, 0.5) is 4.79 Å². The van der Waals surface area contributed by atoms with Crippen LogP contribution in [0.5, 0.6) is 0 Å². The number of aromatic nitrogens is 4. The van der Waals surface area contributed by atoms with E-state index in [9.17, 15) is 14.4 Å². The summed E-state index contributed by atoms with van der Waals surface area (Å²) in [4.78, 5) is 56.4. The van der Waals surface area contributed by atoms with E-state index in [0.717, 1.165) is 96.4 Å². The molecule has 4 aromatic rings. The van der Waals surface area contributed by atoms with Crippen molar-refractivity contribution in [3.8, 4) is 33.6 Å². The molecule has 2 saturated heterocycles. The molecular weight excluding hydrogens is 669 g/mol. The van der Waals surface area contributed by atoms with Gasteiger partial charge in [0.25, 0.3) is 0 Å². The Kier molecular flexibility index (Phi) is 13.5. The number of amides is 3. The lowest BCUT2D eigenvalue weighted by atomic mass is 10.0. The summed E-state index contributed by atoms with van der Waals surface area (Å²) in [7, 11) is 1.29. The molecule has 6 rings (SSSR count). The van der Waals surface area contributed by atoms with Crippen LogP contribution in [0.3, 0.4) is 0 Å². The number of aromatic amines is 2. The summed E-state index contributed by atoms with van der Waals surface area (Å²) in [6, 6.07) is 16.5. The van der Waals surface area contributed by atoms with Crippen LogP contribution in [0.1, 0.15) is 91.0 Å². The van der Waals surface area contributed by atoms with Crippen LogP contribution in [-0.2, 0) is 14.3 Å². The lowest BCUT2D eigenvalue weighted by Gasteiger charge is -2.30. The second kappa shape index (κ2) is 18.2. The van der Waals surface area contributed by atoms with Crippen LogP contribution >= 0.6 is 0 Å². The predicted molar refractivity (Wildman–Crippen MR) is 208 cm³/mol. The first-order valence-corrected chi connectivity index (χ1v) is 18.9. The summed E-state index contributed by atoms with van der Waals surface area (Å²) >= 11 is 0. The first-order chi connectivity index (χ1) is 25.5. The van der Waals surface area contributed by atoms with Crippen molar-refractivity contribution in [3.63, 3.8) is 0 Å². The van der Waals surface area contributed by atoms with Crippen molar-refractivity contribution in [1.29, 1.82) is 0 Å². The molecule has 4 atom stereocenters. The monoisotopic (exact) mass is 724 g/mol. The van der Waals surface area contributed by atoms with Gasteiger partial charge in [0.05, 0.1) is 43.0 Å². The number of imidazole rings is 2. The number of H-pyrrole nitrogens is 2. The smallest absolute Gasteiger partial charge is 0.407 e. The van der Waals surface area contributed by atoms with E-state index in [4.69, 9.17) is 4.74 Å². The van der Waals surface area contributed by atoms with E-state index >= 15 is 0 Å². The molecule has 53 heavy (non-hydrogen) atoms. The maximum Gasteiger partial charge on any atom is 0.407 e. The van der Waals surface area contributed by atoms with Crippen LogP contribution < -0.4 is 10.6 Å². The van der Waals surface area contributed by atoms with Gasteiger partial charge in [-0.25, -0.2) is 14.8 Å². The molecule has 0 saturated carbocycles. The molecule has 0 radical (unpaired) electrons. The maximum atomic E-state index is 13.4. The molecule has 0 spiro atoms. The van der Waals surface area contributed by atoms with Crippen molar-refractivity contribution in [2.24, 2.45) is 11.8 Å². The number of likely N-dealkylation sites (tertiary alicyclic amines) is 2. The Bertz CT molecular complexity index is 1780. The number of carbonyl (C=O) groups excluding carboxylic acids is 3. The fraction of sp³-hybridized carbons (Fsp3) is 0.488. The van der Waals surface area contributed by atoms with Gasteiger partial charge in [-0.15, -0.1) is 0 Å². The number of hydrogen-bond acceptors (Lipinski definition) is 7. The highest BCUT2D eigenvalue weighted by molar-refractivity contribution is 5.86. The number of alkyl carbamates (subject to hydrolysis) is 1. The highest BCUT2D eigenvalue weighted by atomic mass is 16.5. The molecule has 2 aromatic heterocycles. The molecule has 12 heteroatoms. The van der Waals surface area contributed by atoms with E-state index < -0.39 is 12.1 Å². The number of hydrogen-bond donors (Lipinski definition) is 4. The average molecular weight is 725 g/mol. The third-order valence-electron chi connectivity index (χ3n) is 10.4. The normalized spacial score (nSPS) is 18.1. The molecule has 2 fully saturated rings. The molecule has 12 nitrogen and oxygen atoms in total. The van der Waals surface area contributed by atoms with Crippen molar-refractivity contribution in [2.75, 3.05) is 26.7 Å². The number of carbonyl (C=O) groups is 3. The van der Waals surface area contributed by atoms with Crippen LogP contribution in [0.25, 0.3) is 33.6 Å². The highest BCUT2D eigenvalue weighted by Gasteiger charge is 2.37. The third kappa shape index (κ3) is 9.53.